The highest BCUT2D eigenvalue weighted by molar-refractivity contribution is 7.12. The first-order chi connectivity index (χ1) is 9.16. The second-order valence-electron chi connectivity index (χ2n) is 5.99. The maximum atomic E-state index is 12.7. The van der Waals surface area contributed by atoms with Crippen molar-refractivity contribution in [3.63, 3.8) is 0 Å². The van der Waals surface area contributed by atoms with Crippen LogP contribution in [0.3, 0.4) is 0 Å². The minimum atomic E-state index is 0.182. The maximum Gasteiger partial charge on any atom is 0.264 e. The molecule has 19 heavy (non-hydrogen) atoms. The van der Waals surface area contributed by atoms with E-state index in [0.717, 1.165) is 30.8 Å². The van der Waals surface area contributed by atoms with E-state index >= 15 is 0 Å². The van der Waals surface area contributed by atoms with E-state index in [2.05, 4.69) is 18.4 Å². The Morgan fingerprint density at radius 1 is 1.47 bits per heavy atom. The van der Waals surface area contributed by atoms with Crippen LogP contribution in [0.2, 0.25) is 0 Å². The van der Waals surface area contributed by atoms with E-state index in [4.69, 9.17) is 5.73 Å². The summed E-state index contributed by atoms with van der Waals surface area (Å²) in [5.74, 6) is 1.35. The van der Waals surface area contributed by atoms with Crippen molar-refractivity contribution in [2.75, 3.05) is 13.1 Å². The summed E-state index contributed by atoms with van der Waals surface area (Å²) in [5, 5.41) is 2.06. The first-order valence-electron chi connectivity index (χ1n) is 7.29. The topological polar surface area (TPSA) is 46.3 Å². The normalized spacial score (nSPS) is 25.4. The third-order valence-electron chi connectivity index (χ3n) is 4.40. The van der Waals surface area contributed by atoms with Crippen LogP contribution in [0, 0.1) is 5.92 Å². The molecule has 1 saturated heterocycles. The van der Waals surface area contributed by atoms with Gasteiger partial charge in [-0.25, -0.2) is 0 Å². The maximum absolute atomic E-state index is 12.7. The molecular formula is C15H22N2OS. The lowest BCUT2D eigenvalue weighted by atomic mass is 9.92. The second kappa shape index (κ2) is 5.25. The summed E-state index contributed by atoms with van der Waals surface area (Å²) < 4.78 is 0. The molecule has 2 atom stereocenters. The lowest BCUT2D eigenvalue weighted by Gasteiger charge is -2.34. The Morgan fingerprint density at radius 3 is 2.95 bits per heavy atom. The van der Waals surface area contributed by atoms with Crippen molar-refractivity contribution in [3.8, 4) is 0 Å². The van der Waals surface area contributed by atoms with Gasteiger partial charge in [0.1, 0.15) is 0 Å². The highest BCUT2D eigenvalue weighted by atomic mass is 32.1. The molecule has 2 heterocycles. The van der Waals surface area contributed by atoms with Gasteiger partial charge in [-0.05, 0) is 61.5 Å². The molecule has 0 unspecified atom stereocenters. The number of piperidine rings is 1. The Hall–Kier alpha value is -0.870. The molecular weight excluding hydrogens is 256 g/mol. The third kappa shape index (κ3) is 2.70. The van der Waals surface area contributed by atoms with Gasteiger partial charge in [0.15, 0.2) is 0 Å². The van der Waals surface area contributed by atoms with Crippen LogP contribution in [0.4, 0.5) is 0 Å². The summed E-state index contributed by atoms with van der Waals surface area (Å²) in [7, 11) is 0. The number of hydrogen-bond acceptors (Lipinski definition) is 3. The predicted molar refractivity (Wildman–Crippen MR) is 78.6 cm³/mol. The predicted octanol–water partition coefficient (Wildman–Crippen LogP) is 2.82. The Labute approximate surface area is 118 Å². The van der Waals surface area contributed by atoms with Gasteiger partial charge in [-0.3, -0.25) is 4.79 Å². The summed E-state index contributed by atoms with van der Waals surface area (Å²) in [6.45, 7) is 3.78. The molecule has 3 rings (SSSR count). The van der Waals surface area contributed by atoms with Crippen molar-refractivity contribution >= 4 is 17.2 Å². The SMILES string of the molecule is C[C@@H](N)[C@@H]1CCCN(C(=O)c2sccc2C2CC2)C1. The zero-order chi connectivity index (χ0) is 13.4. The lowest BCUT2D eigenvalue weighted by molar-refractivity contribution is 0.0665. The minimum absolute atomic E-state index is 0.182. The molecule has 0 radical (unpaired) electrons. The zero-order valence-electron chi connectivity index (χ0n) is 11.5. The quantitative estimate of drug-likeness (QED) is 0.924. The molecule has 4 heteroatoms. The number of carbonyl (C=O) groups is 1. The fourth-order valence-corrected chi connectivity index (χ4v) is 3.93. The van der Waals surface area contributed by atoms with Crippen LogP contribution in [0.25, 0.3) is 0 Å². The monoisotopic (exact) mass is 278 g/mol. The average molecular weight is 278 g/mol. The molecule has 3 nitrogen and oxygen atoms in total. The van der Waals surface area contributed by atoms with Gasteiger partial charge in [0, 0.05) is 19.1 Å². The third-order valence-corrected chi connectivity index (χ3v) is 5.31. The van der Waals surface area contributed by atoms with E-state index in [1.807, 2.05) is 4.90 Å². The number of hydrogen-bond donors (Lipinski definition) is 1. The largest absolute Gasteiger partial charge is 0.338 e. The average Bonchev–Trinajstić information content (AvgIpc) is 3.15. The van der Waals surface area contributed by atoms with Gasteiger partial charge < -0.3 is 10.6 Å². The first-order valence-corrected chi connectivity index (χ1v) is 8.17. The van der Waals surface area contributed by atoms with E-state index in [1.54, 1.807) is 11.3 Å². The molecule has 0 spiro atoms. The molecule has 1 saturated carbocycles. The Bertz CT molecular complexity index is 464. The molecule has 1 amide bonds. The van der Waals surface area contributed by atoms with Crippen LogP contribution < -0.4 is 5.73 Å². The van der Waals surface area contributed by atoms with E-state index in [1.165, 1.54) is 18.4 Å². The summed E-state index contributed by atoms with van der Waals surface area (Å²) in [4.78, 5) is 15.7. The Balaban J connectivity index is 1.74. The van der Waals surface area contributed by atoms with Crippen molar-refractivity contribution < 1.29 is 4.79 Å². The van der Waals surface area contributed by atoms with Crippen LogP contribution in [-0.4, -0.2) is 29.9 Å². The van der Waals surface area contributed by atoms with Crippen molar-refractivity contribution in [3.05, 3.63) is 21.9 Å². The summed E-state index contributed by atoms with van der Waals surface area (Å²) >= 11 is 1.61. The number of likely N-dealkylation sites (tertiary alicyclic amines) is 1. The van der Waals surface area contributed by atoms with Gasteiger partial charge in [0.2, 0.25) is 0 Å². The van der Waals surface area contributed by atoms with Gasteiger partial charge in [0.25, 0.3) is 5.91 Å². The standard InChI is InChI=1S/C15H22N2OS/c1-10(16)12-3-2-7-17(9-12)15(18)14-13(6-8-19-14)11-4-5-11/h6,8,10-12H,2-5,7,9,16H2,1H3/t10-,12-/m1/s1. The summed E-state index contributed by atoms with van der Waals surface area (Å²) in [6.07, 6.45) is 4.74. The molecule has 1 aromatic rings. The molecule has 0 aromatic carbocycles. The zero-order valence-corrected chi connectivity index (χ0v) is 12.3. The minimum Gasteiger partial charge on any atom is -0.338 e. The molecule has 1 aromatic heterocycles. The van der Waals surface area contributed by atoms with Gasteiger partial charge >= 0.3 is 0 Å². The van der Waals surface area contributed by atoms with Gasteiger partial charge in [-0.15, -0.1) is 11.3 Å². The number of nitrogens with two attached hydrogens (primary N) is 1. The van der Waals surface area contributed by atoms with Crippen molar-refractivity contribution in [2.24, 2.45) is 11.7 Å². The highest BCUT2D eigenvalue weighted by Crippen LogP contribution is 2.43. The summed E-state index contributed by atoms with van der Waals surface area (Å²) in [5.41, 5.74) is 7.29. The Kier molecular flexibility index (Phi) is 3.63. The van der Waals surface area contributed by atoms with Gasteiger partial charge in [-0.2, -0.15) is 0 Å². The van der Waals surface area contributed by atoms with E-state index in [9.17, 15) is 4.79 Å². The smallest absolute Gasteiger partial charge is 0.264 e. The fraction of sp³-hybridized carbons (Fsp3) is 0.667. The molecule has 1 aliphatic heterocycles. The molecule has 1 aliphatic carbocycles. The van der Waals surface area contributed by atoms with Gasteiger partial charge in [-0.1, -0.05) is 0 Å². The van der Waals surface area contributed by atoms with Gasteiger partial charge in [0.05, 0.1) is 4.88 Å². The van der Waals surface area contributed by atoms with Crippen molar-refractivity contribution in [1.82, 2.24) is 4.90 Å². The highest BCUT2D eigenvalue weighted by Gasteiger charge is 2.32. The molecule has 2 aliphatic rings. The molecule has 2 fully saturated rings. The second-order valence-corrected chi connectivity index (χ2v) is 6.91. The van der Waals surface area contributed by atoms with Crippen LogP contribution in [0.1, 0.15) is 53.8 Å². The summed E-state index contributed by atoms with van der Waals surface area (Å²) in [6, 6.07) is 2.32. The Morgan fingerprint density at radius 2 is 2.26 bits per heavy atom. The van der Waals surface area contributed by atoms with E-state index in [-0.39, 0.29) is 11.9 Å². The molecule has 2 N–H and O–H groups in total. The number of carbonyl (C=O) groups excluding carboxylic acids is 1. The van der Waals surface area contributed by atoms with E-state index < -0.39 is 0 Å². The van der Waals surface area contributed by atoms with Crippen LogP contribution in [0.5, 0.6) is 0 Å². The number of amides is 1. The first kappa shape index (κ1) is 13.1. The fourth-order valence-electron chi connectivity index (χ4n) is 2.98. The van der Waals surface area contributed by atoms with Crippen LogP contribution >= 0.6 is 11.3 Å². The molecule has 104 valence electrons. The lowest BCUT2D eigenvalue weighted by Crippen LogP contribution is -2.45. The van der Waals surface area contributed by atoms with Crippen LogP contribution in [-0.2, 0) is 0 Å². The number of nitrogens with zero attached hydrogens (tertiary/aromatic N) is 1. The van der Waals surface area contributed by atoms with Crippen molar-refractivity contribution in [1.29, 1.82) is 0 Å². The van der Waals surface area contributed by atoms with Crippen LogP contribution in [0.15, 0.2) is 11.4 Å². The number of thiophene rings is 1. The van der Waals surface area contributed by atoms with Crippen molar-refractivity contribution in [2.45, 2.75) is 44.6 Å². The molecule has 0 bridgehead atoms. The number of rotatable bonds is 3. The van der Waals surface area contributed by atoms with E-state index in [0.29, 0.717) is 11.8 Å².